The van der Waals surface area contributed by atoms with Gasteiger partial charge in [0.15, 0.2) is 0 Å². The maximum Gasteiger partial charge on any atom is 0.130 e. The lowest BCUT2D eigenvalue weighted by molar-refractivity contribution is 0.548. The number of hydrogen-bond donors (Lipinski definition) is 0. The van der Waals surface area contributed by atoms with Crippen molar-refractivity contribution in [2.45, 2.75) is 89.7 Å². The average Bonchev–Trinajstić information content (AvgIpc) is 2.82. The Morgan fingerprint density at radius 1 is 0.812 bits per heavy atom. The van der Waals surface area contributed by atoms with E-state index in [4.69, 9.17) is 16.6 Å². The summed E-state index contributed by atoms with van der Waals surface area (Å²) in [5, 5.41) is 0.782. The molecule has 5 heteroatoms. The molecule has 1 heterocycles. The van der Waals surface area contributed by atoms with Crippen LogP contribution in [0, 0.1) is 0 Å². The Balaban J connectivity index is 1.62. The predicted octanol–water partition coefficient (Wildman–Crippen LogP) is 10.1. The van der Waals surface area contributed by atoms with Crippen molar-refractivity contribution in [3.63, 3.8) is 0 Å². The van der Waals surface area contributed by atoms with Crippen LogP contribution in [0.1, 0.15) is 89.5 Å². The fourth-order valence-corrected chi connectivity index (χ4v) is 5.69. The third-order valence-corrected chi connectivity index (χ3v) is 7.97. The Morgan fingerprint density at radius 3 is 2.03 bits per heavy atom. The lowest BCUT2D eigenvalue weighted by Crippen LogP contribution is -1.92. The highest BCUT2D eigenvalue weighted by Crippen LogP contribution is 2.26. The molecular weight excluding hydrogens is 452 g/mol. The van der Waals surface area contributed by atoms with Gasteiger partial charge in [-0.2, -0.15) is 0 Å². The number of rotatable bonds is 16. The number of hydrogen-bond acceptors (Lipinski definition) is 4. The van der Waals surface area contributed by atoms with E-state index in [1.165, 1.54) is 82.6 Å². The number of pyridine rings is 1. The molecule has 0 aliphatic carbocycles. The van der Waals surface area contributed by atoms with Crippen LogP contribution in [0.15, 0.2) is 53.8 Å². The van der Waals surface area contributed by atoms with Crippen LogP contribution in [0.3, 0.4) is 0 Å². The molecule has 0 amide bonds. The molecule has 176 valence electrons. The summed E-state index contributed by atoms with van der Waals surface area (Å²) in [5.41, 5.74) is 2.19. The minimum Gasteiger partial charge on any atom is -0.262 e. The standard InChI is InChI=1S/C27H39ClN2S2/c1-2-3-4-5-6-7-8-9-10-11-12-13-21-31-27(30-26-15-14-20-29-22-26)32-23-24-16-18-25(28)19-17-24/h14-20,22H,2-13,21,23H2,1H3. The zero-order valence-corrected chi connectivity index (χ0v) is 22.0. The fraction of sp³-hybridized carbons (Fsp3) is 0.556. The van der Waals surface area contributed by atoms with Crippen molar-refractivity contribution in [1.82, 2.24) is 4.98 Å². The quantitative estimate of drug-likeness (QED) is 0.133. The van der Waals surface area contributed by atoms with Gasteiger partial charge >= 0.3 is 0 Å². The smallest absolute Gasteiger partial charge is 0.130 e. The largest absolute Gasteiger partial charge is 0.262 e. The summed E-state index contributed by atoms with van der Waals surface area (Å²) in [6, 6.07) is 12.0. The van der Waals surface area contributed by atoms with Crippen molar-refractivity contribution >= 4 is 45.2 Å². The van der Waals surface area contributed by atoms with E-state index in [0.29, 0.717) is 0 Å². The zero-order valence-electron chi connectivity index (χ0n) is 19.6. The Hall–Kier alpha value is -0.970. The Bertz CT molecular complexity index is 735. The lowest BCUT2D eigenvalue weighted by atomic mass is 10.1. The highest BCUT2D eigenvalue weighted by atomic mass is 35.5. The monoisotopic (exact) mass is 490 g/mol. The molecule has 0 spiro atoms. The highest BCUT2D eigenvalue weighted by molar-refractivity contribution is 8.38. The number of nitrogens with zero attached hydrogens (tertiary/aromatic N) is 2. The first-order chi connectivity index (χ1) is 15.8. The SMILES string of the molecule is CCCCCCCCCCCCCCSC(=Nc1cccnc1)SCc1ccc(Cl)cc1. The summed E-state index contributed by atoms with van der Waals surface area (Å²) < 4.78 is 1.12. The third kappa shape index (κ3) is 13.5. The van der Waals surface area contributed by atoms with Crippen LogP contribution < -0.4 is 0 Å². The Kier molecular flexibility index (Phi) is 15.7. The van der Waals surface area contributed by atoms with Gasteiger partial charge in [0.1, 0.15) is 4.38 Å². The van der Waals surface area contributed by atoms with Crippen molar-refractivity contribution in [2.75, 3.05) is 5.75 Å². The minimum atomic E-state index is 0.782. The van der Waals surface area contributed by atoms with Crippen LogP contribution in [0.4, 0.5) is 5.69 Å². The number of aliphatic imine (C=N–C) groups is 1. The highest BCUT2D eigenvalue weighted by Gasteiger charge is 2.05. The van der Waals surface area contributed by atoms with E-state index in [2.05, 4.69) is 24.0 Å². The van der Waals surface area contributed by atoms with Crippen molar-refractivity contribution in [2.24, 2.45) is 4.99 Å². The predicted molar refractivity (Wildman–Crippen MR) is 148 cm³/mol. The first-order valence-electron chi connectivity index (χ1n) is 12.3. The summed E-state index contributed by atoms with van der Waals surface area (Å²) in [4.78, 5) is 9.03. The van der Waals surface area contributed by atoms with E-state index in [9.17, 15) is 0 Å². The van der Waals surface area contributed by atoms with E-state index >= 15 is 0 Å². The molecule has 32 heavy (non-hydrogen) atoms. The molecular formula is C27H39ClN2S2. The van der Waals surface area contributed by atoms with Gasteiger partial charge in [0.2, 0.25) is 0 Å². The van der Waals surface area contributed by atoms with Crippen molar-refractivity contribution in [3.8, 4) is 0 Å². The van der Waals surface area contributed by atoms with Gasteiger partial charge < -0.3 is 0 Å². The molecule has 0 saturated carbocycles. The van der Waals surface area contributed by atoms with Gasteiger partial charge in [0, 0.05) is 22.7 Å². The normalized spacial score (nSPS) is 11.8. The maximum atomic E-state index is 6.01. The van der Waals surface area contributed by atoms with E-state index in [1.807, 2.05) is 42.2 Å². The maximum absolute atomic E-state index is 6.01. The lowest BCUT2D eigenvalue weighted by Gasteiger charge is -2.07. The fourth-order valence-electron chi connectivity index (χ4n) is 3.46. The first kappa shape index (κ1) is 27.3. The van der Waals surface area contributed by atoms with Crippen LogP contribution >= 0.6 is 35.1 Å². The molecule has 0 saturated heterocycles. The number of benzene rings is 1. The Labute approximate surface area is 209 Å². The van der Waals surface area contributed by atoms with Crippen molar-refractivity contribution in [3.05, 3.63) is 59.4 Å². The summed E-state index contributed by atoms with van der Waals surface area (Å²) in [6.07, 6.45) is 20.3. The van der Waals surface area contributed by atoms with Gasteiger partial charge in [-0.15, -0.1) is 0 Å². The van der Waals surface area contributed by atoms with Gasteiger partial charge in [-0.1, -0.05) is 125 Å². The molecule has 0 N–H and O–H groups in total. The summed E-state index contributed by atoms with van der Waals surface area (Å²) in [5.74, 6) is 2.03. The molecule has 0 aliphatic rings. The summed E-state index contributed by atoms with van der Waals surface area (Å²) in [7, 11) is 0. The molecule has 2 rings (SSSR count). The van der Waals surface area contributed by atoms with Crippen LogP contribution in [0.2, 0.25) is 5.02 Å². The zero-order chi connectivity index (χ0) is 22.7. The van der Waals surface area contributed by atoms with Gasteiger partial charge in [0.05, 0.1) is 11.9 Å². The van der Waals surface area contributed by atoms with Crippen molar-refractivity contribution < 1.29 is 0 Å². The molecule has 1 aromatic carbocycles. The van der Waals surface area contributed by atoms with Gasteiger partial charge in [-0.05, 0) is 36.2 Å². The molecule has 0 unspecified atom stereocenters. The molecule has 0 atom stereocenters. The molecule has 0 fully saturated rings. The van der Waals surface area contributed by atoms with Gasteiger partial charge in [-0.3, -0.25) is 4.98 Å². The average molecular weight is 491 g/mol. The molecule has 1 aromatic heterocycles. The molecule has 0 bridgehead atoms. The first-order valence-corrected chi connectivity index (χ1v) is 14.6. The van der Waals surface area contributed by atoms with E-state index < -0.39 is 0 Å². The van der Waals surface area contributed by atoms with Crippen LogP contribution in [0.25, 0.3) is 0 Å². The Morgan fingerprint density at radius 2 is 1.44 bits per heavy atom. The number of halogens is 1. The second-order valence-corrected chi connectivity index (χ2v) is 11.0. The van der Waals surface area contributed by atoms with Crippen LogP contribution in [0.5, 0.6) is 0 Å². The van der Waals surface area contributed by atoms with Crippen molar-refractivity contribution in [1.29, 1.82) is 0 Å². The second-order valence-electron chi connectivity index (χ2n) is 8.24. The van der Waals surface area contributed by atoms with Crippen LogP contribution in [-0.4, -0.2) is 15.1 Å². The van der Waals surface area contributed by atoms with Gasteiger partial charge in [-0.25, -0.2) is 4.99 Å². The molecule has 2 aromatic rings. The van der Waals surface area contributed by atoms with E-state index in [0.717, 1.165) is 26.6 Å². The summed E-state index contributed by atoms with van der Waals surface area (Å²) >= 11 is 9.69. The van der Waals surface area contributed by atoms with Crippen LogP contribution in [-0.2, 0) is 5.75 Å². The number of thioether (sulfide) groups is 2. The minimum absolute atomic E-state index is 0.782. The van der Waals surface area contributed by atoms with E-state index in [-0.39, 0.29) is 0 Å². The summed E-state index contributed by atoms with van der Waals surface area (Å²) in [6.45, 7) is 2.28. The molecule has 0 aliphatic heterocycles. The topological polar surface area (TPSA) is 25.2 Å². The van der Waals surface area contributed by atoms with E-state index in [1.54, 1.807) is 18.0 Å². The third-order valence-electron chi connectivity index (χ3n) is 5.37. The van der Waals surface area contributed by atoms with Gasteiger partial charge in [0.25, 0.3) is 0 Å². The number of aromatic nitrogens is 1. The molecule has 2 nitrogen and oxygen atoms in total. The number of unbranched alkanes of at least 4 members (excludes halogenated alkanes) is 11. The molecule has 0 radical (unpaired) electrons. The second kappa shape index (κ2) is 18.5.